The lowest BCUT2D eigenvalue weighted by atomic mass is 10.2. The first kappa shape index (κ1) is 19.1. The van der Waals surface area contributed by atoms with Crippen molar-refractivity contribution < 1.29 is 14.3 Å². The number of carbonyl (C=O) groups excluding carboxylic acids is 2. The molecule has 1 aromatic carbocycles. The van der Waals surface area contributed by atoms with E-state index in [1.165, 1.54) is 0 Å². The summed E-state index contributed by atoms with van der Waals surface area (Å²) in [5, 5.41) is 2.94. The highest BCUT2D eigenvalue weighted by Crippen LogP contribution is 2.16. The van der Waals surface area contributed by atoms with Crippen LogP contribution in [0.2, 0.25) is 0 Å². The van der Waals surface area contributed by atoms with E-state index in [-0.39, 0.29) is 18.5 Å². The zero-order valence-electron chi connectivity index (χ0n) is 15.3. The van der Waals surface area contributed by atoms with Crippen molar-refractivity contribution in [1.29, 1.82) is 0 Å². The topological polar surface area (TPSA) is 61.9 Å². The van der Waals surface area contributed by atoms with Crippen LogP contribution >= 0.6 is 0 Å². The van der Waals surface area contributed by atoms with Gasteiger partial charge in [0, 0.05) is 32.7 Å². The fraction of sp³-hybridized carbons (Fsp3) is 0.579. The van der Waals surface area contributed by atoms with Crippen molar-refractivity contribution in [2.45, 2.75) is 33.1 Å². The highest BCUT2D eigenvalue weighted by atomic mass is 16.5. The summed E-state index contributed by atoms with van der Waals surface area (Å²) in [5.74, 6) is 0.707. The van der Waals surface area contributed by atoms with Crippen molar-refractivity contribution in [3.8, 4) is 5.75 Å². The van der Waals surface area contributed by atoms with Crippen molar-refractivity contribution in [3.05, 3.63) is 29.8 Å². The molecule has 1 N–H and O–H groups in total. The largest absolute Gasteiger partial charge is 0.484 e. The summed E-state index contributed by atoms with van der Waals surface area (Å²) in [5.41, 5.74) is 1.01. The molecule has 0 unspecified atom stereocenters. The third kappa shape index (κ3) is 5.96. The number of para-hydroxylation sites is 1. The van der Waals surface area contributed by atoms with Gasteiger partial charge >= 0.3 is 6.03 Å². The van der Waals surface area contributed by atoms with Gasteiger partial charge in [0.1, 0.15) is 5.75 Å². The monoisotopic (exact) mass is 347 g/mol. The number of ether oxygens (including phenoxy) is 1. The molecule has 25 heavy (non-hydrogen) atoms. The van der Waals surface area contributed by atoms with Gasteiger partial charge in [-0.15, -0.1) is 0 Å². The lowest BCUT2D eigenvalue weighted by Gasteiger charge is -2.22. The molecule has 1 aliphatic heterocycles. The second-order valence-electron chi connectivity index (χ2n) is 6.36. The van der Waals surface area contributed by atoms with E-state index in [1.807, 2.05) is 31.2 Å². The Kier molecular flexibility index (Phi) is 7.57. The maximum atomic E-state index is 12.4. The van der Waals surface area contributed by atoms with Gasteiger partial charge in [-0.05, 0) is 31.4 Å². The van der Waals surface area contributed by atoms with Gasteiger partial charge < -0.3 is 19.9 Å². The minimum atomic E-state index is -0.0310. The maximum absolute atomic E-state index is 12.4. The fourth-order valence-corrected chi connectivity index (χ4v) is 2.80. The number of hydrogen-bond acceptors (Lipinski definition) is 3. The van der Waals surface area contributed by atoms with E-state index in [0.29, 0.717) is 32.7 Å². The third-order valence-electron chi connectivity index (χ3n) is 4.39. The number of nitrogens with one attached hydrogen (secondary N) is 1. The Morgan fingerprint density at radius 2 is 1.84 bits per heavy atom. The second kappa shape index (κ2) is 9.91. The molecule has 6 heteroatoms. The van der Waals surface area contributed by atoms with Gasteiger partial charge in [0.2, 0.25) is 0 Å². The summed E-state index contributed by atoms with van der Waals surface area (Å²) in [4.78, 5) is 28.1. The summed E-state index contributed by atoms with van der Waals surface area (Å²) in [6, 6.07) is 7.64. The molecule has 0 aliphatic carbocycles. The SMILES string of the molecule is CCCCNC(=O)N1CCCN(C(=O)COc2ccccc2C)CC1. The molecule has 1 heterocycles. The van der Waals surface area contributed by atoms with Gasteiger partial charge in [-0.25, -0.2) is 4.79 Å². The van der Waals surface area contributed by atoms with Crippen LogP contribution in [0.15, 0.2) is 24.3 Å². The van der Waals surface area contributed by atoms with Gasteiger partial charge in [-0.1, -0.05) is 31.5 Å². The molecule has 138 valence electrons. The first-order chi connectivity index (χ1) is 12.1. The number of urea groups is 1. The summed E-state index contributed by atoms with van der Waals surface area (Å²) in [6.45, 7) is 7.26. The van der Waals surface area contributed by atoms with E-state index in [2.05, 4.69) is 12.2 Å². The van der Waals surface area contributed by atoms with Crippen LogP contribution in [-0.2, 0) is 4.79 Å². The molecule has 1 saturated heterocycles. The molecule has 2 rings (SSSR count). The molecule has 3 amide bonds. The molecule has 1 aliphatic rings. The summed E-state index contributed by atoms with van der Waals surface area (Å²) < 4.78 is 5.65. The third-order valence-corrected chi connectivity index (χ3v) is 4.39. The zero-order chi connectivity index (χ0) is 18.1. The average molecular weight is 347 g/mol. The number of carbonyl (C=O) groups is 2. The van der Waals surface area contributed by atoms with E-state index in [9.17, 15) is 9.59 Å². The van der Waals surface area contributed by atoms with Crippen LogP contribution in [0.4, 0.5) is 4.79 Å². The van der Waals surface area contributed by atoms with Crippen LogP contribution in [0.3, 0.4) is 0 Å². The number of unbranched alkanes of at least 4 members (excludes halogenated alkanes) is 1. The predicted octanol–water partition coefficient (Wildman–Crippen LogP) is 2.42. The smallest absolute Gasteiger partial charge is 0.317 e. The number of hydrogen-bond donors (Lipinski definition) is 1. The molecule has 0 saturated carbocycles. The maximum Gasteiger partial charge on any atom is 0.317 e. The van der Waals surface area contributed by atoms with E-state index in [1.54, 1.807) is 9.80 Å². The van der Waals surface area contributed by atoms with Gasteiger partial charge in [0.25, 0.3) is 5.91 Å². The van der Waals surface area contributed by atoms with E-state index in [4.69, 9.17) is 4.74 Å². The number of benzene rings is 1. The van der Waals surface area contributed by atoms with Crippen LogP contribution in [-0.4, -0.2) is 61.1 Å². The van der Waals surface area contributed by atoms with Crippen molar-refractivity contribution in [1.82, 2.24) is 15.1 Å². The Bertz CT molecular complexity index is 577. The van der Waals surface area contributed by atoms with Gasteiger partial charge in [0.05, 0.1) is 0 Å². The number of nitrogens with zero attached hydrogens (tertiary/aromatic N) is 2. The molecule has 0 bridgehead atoms. The van der Waals surface area contributed by atoms with E-state index in [0.717, 1.165) is 30.6 Å². The molecule has 6 nitrogen and oxygen atoms in total. The van der Waals surface area contributed by atoms with Crippen LogP contribution in [0, 0.1) is 6.92 Å². The minimum Gasteiger partial charge on any atom is -0.484 e. The van der Waals surface area contributed by atoms with Crippen LogP contribution in [0.5, 0.6) is 5.75 Å². The number of amides is 3. The average Bonchev–Trinajstić information content (AvgIpc) is 2.87. The Labute approximate surface area is 150 Å². The number of rotatable bonds is 6. The fourth-order valence-electron chi connectivity index (χ4n) is 2.80. The zero-order valence-corrected chi connectivity index (χ0v) is 15.3. The van der Waals surface area contributed by atoms with Crippen molar-refractivity contribution in [2.75, 3.05) is 39.3 Å². The Balaban J connectivity index is 1.78. The Morgan fingerprint density at radius 1 is 1.12 bits per heavy atom. The van der Waals surface area contributed by atoms with E-state index < -0.39 is 0 Å². The van der Waals surface area contributed by atoms with Gasteiger partial charge in [-0.2, -0.15) is 0 Å². The lowest BCUT2D eigenvalue weighted by molar-refractivity contribution is -0.133. The lowest BCUT2D eigenvalue weighted by Crippen LogP contribution is -2.43. The second-order valence-corrected chi connectivity index (χ2v) is 6.36. The first-order valence-corrected chi connectivity index (χ1v) is 9.10. The standard InChI is InChI=1S/C19H29N3O3/c1-3-4-10-20-19(24)22-12-7-11-21(13-14-22)18(23)15-25-17-9-6-5-8-16(17)2/h5-6,8-9H,3-4,7,10-15H2,1-2H3,(H,20,24). The van der Waals surface area contributed by atoms with Gasteiger partial charge in [0.15, 0.2) is 6.61 Å². The molecular weight excluding hydrogens is 318 g/mol. The molecular formula is C19H29N3O3. The quantitative estimate of drug-likeness (QED) is 0.804. The first-order valence-electron chi connectivity index (χ1n) is 9.10. The summed E-state index contributed by atoms with van der Waals surface area (Å²) in [6.07, 6.45) is 2.83. The molecule has 0 radical (unpaired) electrons. The molecule has 0 aromatic heterocycles. The predicted molar refractivity (Wildman–Crippen MR) is 97.8 cm³/mol. The summed E-state index contributed by atoms with van der Waals surface area (Å²) in [7, 11) is 0. The van der Waals surface area contributed by atoms with Crippen LogP contribution in [0.25, 0.3) is 0 Å². The highest BCUT2D eigenvalue weighted by molar-refractivity contribution is 5.78. The van der Waals surface area contributed by atoms with Crippen LogP contribution < -0.4 is 10.1 Å². The van der Waals surface area contributed by atoms with Gasteiger partial charge in [-0.3, -0.25) is 4.79 Å². The number of aryl methyl sites for hydroxylation is 1. The summed E-state index contributed by atoms with van der Waals surface area (Å²) >= 11 is 0. The molecule has 1 aromatic rings. The highest BCUT2D eigenvalue weighted by Gasteiger charge is 2.22. The van der Waals surface area contributed by atoms with Crippen molar-refractivity contribution >= 4 is 11.9 Å². The van der Waals surface area contributed by atoms with Crippen molar-refractivity contribution in [2.24, 2.45) is 0 Å². The van der Waals surface area contributed by atoms with E-state index >= 15 is 0 Å². The Hall–Kier alpha value is -2.24. The van der Waals surface area contributed by atoms with Crippen LogP contribution in [0.1, 0.15) is 31.7 Å². The molecule has 1 fully saturated rings. The molecule has 0 spiro atoms. The normalized spacial score (nSPS) is 14.8. The Morgan fingerprint density at radius 3 is 2.60 bits per heavy atom. The molecule has 0 atom stereocenters. The van der Waals surface area contributed by atoms with Crippen molar-refractivity contribution in [3.63, 3.8) is 0 Å². The minimum absolute atomic E-state index is 0.0288.